The Morgan fingerprint density at radius 2 is 2.00 bits per heavy atom. The summed E-state index contributed by atoms with van der Waals surface area (Å²) in [7, 11) is 3.60. The standard InChI is InChI=1S/C17H26N4O4/c1-17(2,20-7-9-25-10-8-20)12-18-16(22)14-11-13(21(23)24)5-6-15(14)19(3)4/h5-6,11H,7-10,12H2,1-4H3,(H,18,22). The summed E-state index contributed by atoms with van der Waals surface area (Å²) in [6.45, 7) is 7.60. The van der Waals surface area contributed by atoms with Crippen LogP contribution in [0.15, 0.2) is 18.2 Å². The number of nitro benzene ring substituents is 1. The summed E-state index contributed by atoms with van der Waals surface area (Å²) in [5, 5.41) is 13.9. The van der Waals surface area contributed by atoms with E-state index in [1.165, 1.54) is 12.1 Å². The third-order valence-corrected chi connectivity index (χ3v) is 4.47. The van der Waals surface area contributed by atoms with Crippen molar-refractivity contribution in [2.45, 2.75) is 19.4 Å². The number of nitrogens with zero attached hydrogens (tertiary/aromatic N) is 3. The van der Waals surface area contributed by atoms with E-state index < -0.39 is 4.92 Å². The van der Waals surface area contributed by atoms with Gasteiger partial charge in [0.2, 0.25) is 0 Å². The molecule has 0 bridgehead atoms. The Hall–Kier alpha value is -2.19. The number of carbonyl (C=O) groups excluding carboxylic acids is 1. The zero-order chi connectivity index (χ0) is 18.6. The number of non-ortho nitro benzene ring substituents is 1. The third kappa shape index (κ3) is 4.67. The predicted molar refractivity (Wildman–Crippen MR) is 96.2 cm³/mol. The second-order valence-electron chi connectivity index (χ2n) is 6.95. The first-order chi connectivity index (χ1) is 11.7. The molecule has 0 radical (unpaired) electrons. The van der Waals surface area contributed by atoms with Crippen molar-refractivity contribution in [1.29, 1.82) is 0 Å². The number of hydrogen-bond acceptors (Lipinski definition) is 6. The molecule has 1 saturated heterocycles. The SMILES string of the molecule is CN(C)c1ccc([N+](=O)[O-])cc1C(=O)NCC(C)(C)N1CCOCC1. The Morgan fingerprint density at radius 1 is 1.36 bits per heavy atom. The number of amides is 1. The van der Waals surface area contributed by atoms with E-state index in [1.54, 1.807) is 25.1 Å². The Balaban J connectivity index is 2.14. The summed E-state index contributed by atoms with van der Waals surface area (Å²) in [4.78, 5) is 27.2. The Morgan fingerprint density at radius 3 is 2.56 bits per heavy atom. The van der Waals surface area contributed by atoms with Crippen molar-refractivity contribution in [3.8, 4) is 0 Å². The van der Waals surface area contributed by atoms with Crippen LogP contribution < -0.4 is 10.2 Å². The highest BCUT2D eigenvalue weighted by atomic mass is 16.6. The Labute approximate surface area is 147 Å². The van der Waals surface area contributed by atoms with Gasteiger partial charge in [0.15, 0.2) is 0 Å². The largest absolute Gasteiger partial charge is 0.379 e. The Bertz CT molecular complexity index is 640. The lowest BCUT2D eigenvalue weighted by Gasteiger charge is -2.40. The van der Waals surface area contributed by atoms with Crippen LogP contribution in [0, 0.1) is 10.1 Å². The van der Waals surface area contributed by atoms with E-state index in [1.807, 2.05) is 0 Å². The molecule has 1 fully saturated rings. The molecule has 0 saturated carbocycles. The molecule has 0 aromatic heterocycles. The molecule has 1 heterocycles. The fourth-order valence-electron chi connectivity index (χ4n) is 2.88. The number of anilines is 1. The molecule has 8 nitrogen and oxygen atoms in total. The van der Waals surface area contributed by atoms with E-state index in [2.05, 4.69) is 24.1 Å². The van der Waals surface area contributed by atoms with Gasteiger partial charge in [-0.15, -0.1) is 0 Å². The number of nitrogens with one attached hydrogen (secondary N) is 1. The number of carbonyl (C=O) groups is 1. The highest BCUT2D eigenvalue weighted by molar-refractivity contribution is 6.00. The fourth-order valence-corrected chi connectivity index (χ4v) is 2.88. The second kappa shape index (κ2) is 7.79. The highest BCUT2D eigenvalue weighted by Crippen LogP contribution is 2.24. The molecule has 0 spiro atoms. The molecule has 1 aromatic rings. The molecular weight excluding hydrogens is 324 g/mol. The number of hydrogen-bond donors (Lipinski definition) is 1. The summed E-state index contributed by atoms with van der Waals surface area (Å²) >= 11 is 0. The number of rotatable bonds is 6. The van der Waals surface area contributed by atoms with Crippen molar-refractivity contribution in [3.05, 3.63) is 33.9 Å². The smallest absolute Gasteiger partial charge is 0.270 e. The lowest BCUT2D eigenvalue weighted by molar-refractivity contribution is -0.384. The normalized spacial score (nSPS) is 15.7. The lowest BCUT2D eigenvalue weighted by atomic mass is 10.0. The lowest BCUT2D eigenvalue weighted by Crippen LogP contribution is -2.55. The van der Waals surface area contributed by atoms with Crippen LogP contribution in [0.5, 0.6) is 0 Å². The molecule has 0 aliphatic carbocycles. The first kappa shape index (κ1) is 19.1. The minimum Gasteiger partial charge on any atom is -0.379 e. The second-order valence-corrected chi connectivity index (χ2v) is 6.95. The molecule has 1 aliphatic rings. The van der Waals surface area contributed by atoms with Gasteiger partial charge in [-0.1, -0.05) is 0 Å². The summed E-state index contributed by atoms with van der Waals surface area (Å²) in [5.74, 6) is -0.311. The van der Waals surface area contributed by atoms with E-state index in [9.17, 15) is 14.9 Å². The quantitative estimate of drug-likeness (QED) is 0.618. The number of morpholine rings is 1. The molecule has 0 unspecified atom stereocenters. The van der Waals surface area contributed by atoms with Gasteiger partial charge in [0.25, 0.3) is 11.6 Å². The van der Waals surface area contributed by atoms with Crippen molar-refractivity contribution in [2.75, 3.05) is 51.8 Å². The maximum absolute atomic E-state index is 12.7. The van der Waals surface area contributed by atoms with Gasteiger partial charge in [-0.3, -0.25) is 19.8 Å². The first-order valence-corrected chi connectivity index (χ1v) is 8.29. The van der Waals surface area contributed by atoms with Gasteiger partial charge in [-0.05, 0) is 19.9 Å². The van der Waals surface area contributed by atoms with Crippen LogP contribution >= 0.6 is 0 Å². The highest BCUT2D eigenvalue weighted by Gasteiger charge is 2.29. The van der Waals surface area contributed by atoms with Gasteiger partial charge in [0.1, 0.15) is 0 Å². The minimum absolute atomic E-state index is 0.0943. The van der Waals surface area contributed by atoms with Crippen LogP contribution in [0.25, 0.3) is 0 Å². The van der Waals surface area contributed by atoms with E-state index in [0.29, 0.717) is 31.0 Å². The van der Waals surface area contributed by atoms with E-state index in [4.69, 9.17) is 4.74 Å². The van der Waals surface area contributed by atoms with Crippen molar-refractivity contribution in [3.63, 3.8) is 0 Å². The van der Waals surface area contributed by atoms with Crippen LogP contribution in [0.2, 0.25) is 0 Å². The summed E-state index contributed by atoms with van der Waals surface area (Å²) in [6, 6.07) is 4.33. The van der Waals surface area contributed by atoms with Gasteiger partial charge in [-0.25, -0.2) is 0 Å². The molecule has 2 rings (SSSR count). The number of nitro groups is 1. The van der Waals surface area contributed by atoms with Crippen molar-refractivity contribution in [1.82, 2.24) is 10.2 Å². The average Bonchev–Trinajstić information content (AvgIpc) is 2.59. The van der Waals surface area contributed by atoms with E-state index >= 15 is 0 Å². The summed E-state index contributed by atoms with van der Waals surface area (Å²) < 4.78 is 5.37. The third-order valence-electron chi connectivity index (χ3n) is 4.47. The van der Waals surface area contributed by atoms with Crippen molar-refractivity contribution in [2.24, 2.45) is 0 Å². The first-order valence-electron chi connectivity index (χ1n) is 8.29. The van der Waals surface area contributed by atoms with E-state index in [0.717, 1.165) is 13.1 Å². The molecule has 25 heavy (non-hydrogen) atoms. The van der Waals surface area contributed by atoms with Crippen molar-refractivity contribution >= 4 is 17.3 Å². The maximum atomic E-state index is 12.7. The van der Waals surface area contributed by atoms with Crippen LogP contribution in [0.3, 0.4) is 0 Å². The number of benzene rings is 1. The van der Waals surface area contributed by atoms with Gasteiger partial charge in [0.05, 0.1) is 23.7 Å². The molecule has 1 aromatic carbocycles. The number of ether oxygens (including phenoxy) is 1. The van der Waals surface area contributed by atoms with Gasteiger partial charge < -0.3 is 15.0 Å². The minimum atomic E-state index is -0.492. The fraction of sp³-hybridized carbons (Fsp3) is 0.588. The van der Waals surface area contributed by atoms with Crippen LogP contribution in [0.4, 0.5) is 11.4 Å². The van der Waals surface area contributed by atoms with Crippen LogP contribution in [-0.4, -0.2) is 68.2 Å². The zero-order valence-corrected chi connectivity index (χ0v) is 15.2. The van der Waals surface area contributed by atoms with Crippen molar-refractivity contribution < 1.29 is 14.5 Å². The topological polar surface area (TPSA) is 87.9 Å². The van der Waals surface area contributed by atoms with Gasteiger partial charge in [-0.2, -0.15) is 0 Å². The molecule has 8 heteroatoms. The average molecular weight is 350 g/mol. The monoisotopic (exact) mass is 350 g/mol. The maximum Gasteiger partial charge on any atom is 0.270 e. The summed E-state index contributed by atoms with van der Waals surface area (Å²) in [5.41, 5.74) is 0.630. The van der Waals surface area contributed by atoms with Crippen LogP contribution in [0.1, 0.15) is 24.2 Å². The predicted octanol–water partition coefficient (Wildman–Crippen LogP) is 1.50. The van der Waals surface area contributed by atoms with Crippen LogP contribution in [-0.2, 0) is 4.74 Å². The van der Waals surface area contributed by atoms with Gasteiger partial charge in [0, 0.05) is 57.1 Å². The zero-order valence-electron chi connectivity index (χ0n) is 15.2. The molecule has 0 atom stereocenters. The van der Waals surface area contributed by atoms with E-state index in [-0.39, 0.29) is 17.1 Å². The molecule has 1 aliphatic heterocycles. The molecule has 1 N–H and O–H groups in total. The molecule has 138 valence electrons. The van der Waals surface area contributed by atoms with Gasteiger partial charge >= 0.3 is 0 Å². The Kier molecular flexibility index (Phi) is 5.97. The summed E-state index contributed by atoms with van der Waals surface area (Å²) in [6.07, 6.45) is 0. The molecule has 1 amide bonds. The molecular formula is C17H26N4O4.